The molecule has 0 radical (unpaired) electrons. The molecule has 1 aromatic heterocycles. The molecule has 0 amide bonds. The van der Waals surface area contributed by atoms with Crippen molar-refractivity contribution in [1.82, 2.24) is 15.5 Å². The summed E-state index contributed by atoms with van der Waals surface area (Å²) in [6.07, 6.45) is 2.24. The number of nitrogens with zero attached hydrogens (tertiary/aromatic N) is 2. The number of benzene rings is 1. The Bertz CT molecular complexity index is 520. The van der Waals surface area contributed by atoms with E-state index < -0.39 is 0 Å². The van der Waals surface area contributed by atoms with Crippen molar-refractivity contribution in [3.05, 3.63) is 34.6 Å². The van der Waals surface area contributed by atoms with Crippen LogP contribution in [0.1, 0.15) is 24.8 Å². The van der Waals surface area contributed by atoms with Crippen LogP contribution in [0.4, 0.5) is 0 Å². The van der Waals surface area contributed by atoms with Gasteiger partial charge < -0.3 is 9.84 Å². The average Bonchev–Trinajstić information content (AvgIpc) is 3.00. The summed E-state index contributed by atoms with van der Waals surface area (Å²) in [7, 11) is 0. The van der Waals surface area contributed by atoms with Gasteiger partial charge in [-0.25, -0.2) is 0 Å². The van der Waals surface area contributed by atoms with Crippen LogP contribution >= 0.6 is 15.9 Å². The molecule has 1 aromatic carbocycles. The minimum absolute atomic E-state index is 0.225. The van der Waals surface area contributed by atoms with Gasteiger partial charge in [0.1, 0.15) is 0 Å². The predicted molar refractivity (Wildman–Crippen MR) is 67.4 cm³/mol. The largest absolute Gasteiger partial charge is 0.337 e. The van der Waals surface area contributed by atoms with Crippen molar-refractivity contribution in [3.8, 4) is 11.4 Å². The highest BCUT2D eigenvalue weighted by Crippen LogP contribution is 2.25. The summed E-state index contributed by atoms with van der Waals surface area (Å²) in [4.78, 5) is 4.44. The molecule has 5 heteroatoms. The number of aromatic nitrogens is 2. The Kier molecular flexibility index (Phi) is 2.94. The molecular weight excluding hydrogens is 282 g/mol. The normalized spacial score (nSPS) is 19.7. The lowest BCUT2D eigenvalue weighted by molar-refractivity contribution is 0.345. The number of hydrogen-bond donors (Lipinski definition) is 1. The first-order chi connectivity index (χ1) is 8.33. The van der Waals surface area contributed by atoms with E-state index in [1.165, 1.54) is 6.42 Å². The van der Waals surface area contributed by atoms with E-state index in [1.54, 1.807) is 0 Å². The summed E-state index contributed by atoms with van der Waals surface area (Å²) >= 11 is 3.43. The van der Waals surface area contributed by atoms with Crippen LogP contribution in [0.5, 0.6) is 0 Å². The van der Waals surface area contributed by atoms with Crippen molar-refractivity contribution >= 4 is 15.9 Å². The summed E-state index contributed by atoms with van der Waals surface area (Å²) in [5.41, 5.74) is 0.965. The van der Waals surface area contributed by atoms with Crippen molar-refractivity contribution in [3.63, 3.8) is 0 Å². The Labute approximate surface area is 108 Å². The maximum absolute atomic E-state index is 5.30. The molecule has 2 aromatic rings. The van der Waals surface area contributed by atoms with E-state index in [4.69, 9.17) is 4.52 Å². The molecule has 1 fully saturated rings. The Morgan fingerprint density at radius 1 is 1.41 bits per heavy atom. The minimum Gasteiger partial charge on any atom is -0.337 e. The van der Waals surface area contributed by atoms with Crippen molar-refractivity contribution in [2.45, 2.75) is 18.9 Å². The SMILES string of the molecule is Brc1cccc(-c2noc(C3CCCN3)n2)c1. The van der Waals surface area contributed by atoms with E-state index >= 15 is 0 Å². The van der Waals surface area contributed by atoms with Gasteiger partial charge in [-0.15, -0.1) is 0 Å². The minimum atomic E-state index is 0.225. The zero-order valence-electron chi connectivity index (χ0n) is 9.19. The summed E-state index contributed by atoms with van der Waals surface area (Å²) in [5, 5.41) is 7.37. The van der Waals surface area contributed by atoms with Gasteiger partial charge in [-0.2, -0.15) is 4.98 Å². The Morgan fingerprint density at radius 3 is 3.12 bits per heavy atom. The zero-order chi connectivity index (χ0) is 11.7. The molecule has 0 aliphatic carbocycles. The third kappa shape index (κ3) is 2.25. The van der Waals surface area contributed by atoms with Crippen molar-refractivity contribution in [2.75, 3.05) is 6.54 Å². The Morgan fingerprint density at radius 2 is 2.35 bits per heavy atom. The number of hydrogen-bond acceptors (Lipinski definition) is 4. The first kappa shape index (κ1) is 10.9. The van der Waals surface area contributed by atoms with Crippen LogP contribution < -0.4 is 5.32 Å². The fourth-order valence-electron chi connectivity index (χ4n) is 2.02. The monoisotopic (exact) mass is 293 g/mol. The molecule has 1 saturated heterocycles. The van der Waals surface area contributed by atoms with E-state index in [0.29, 0.717) is 11.7 Å². The second kappa shape index (κ2) is 4.58. The molecule has 0 saturated carbocycles. The lowest BCUT2D eigenvalue weighted by atomic mass is 10.2. The van der Waals surface area contributed by atoms with Gasteiger partial charge in [-0.3, -0.25) is 0 Å². The second-order valence-electron chi connectivity index (χ2n) is 4.12. The fraction of sp³-hybridized carbons (Fsp3) is 0.333. The van der Waals surface area contributed by atoms with E-state index in [9.17, 15) is 0 Å². The maximum Gasteiger partial charge on any atom is 0.244 e. The van der Waals surface area contributed by atoms with Crippen LogP contribution in [0.3, 0.4) is 0 Å². The lowest BCUT2D eigenvalue weighted by Gasteiger charge is -2.01. The molecule has 0 bridgehead atoms. The lowest BCUT2D eigenvalue weighted by Crippen LogP contribution is -2.12. The smallest absolute Gasteiger partial charge is 0.244 e. The highest BCUT2D eigenvalue weighted by molar-refractivity contribution is 9.10. The maximum atomic E-state index is 5.30. The number of halogens is 1. The van der Waals surface area contributed by atoms with Gasteiger partial charge in [0, 0.05) is 10.0 Å². The van der Waals surface area contributed by atoms with E-state index in [-0.39, 0.29) is 6.04 Å². The molecule has 1 unspecified atom stereocenters. The molecule has 88 valence electrons. The summed E-state index contributed by atoms with van der Waals surface area (Å²) in [6, 6.07) is 8.12. The summed E-state index contributed by atoms with van der Waals surface area (Å²) < 4.78 is 6.32. The third-order valence-electron chi connectivity index (χ3n) is 2.88. The molecule has 4 nitrogen and oxygen atoms in total. The van der Waals surface area contributed by atoms with Crippen molar-refractivity contribution in [1.29, 1.82) is 0 Å². The van der Waals surface area contributed by atoms with Crippen molar-refractivity contribution < 1.29 is 4.52 Å². The van der Waals surface area contributed by atoms with Crippen LogP contribution in [0.2, 0.25) is 0 Å². The first-order valence-corrected chi connectivity index (χ1v) is 6.45. The number of rotatable bonds is 2. The van der Waals surface area contributed by atoms with Gasteiger partial charge >= 0.3 is 0 Å². The van der Waals surface area contributed by atoms with Gasteiger partial charge in [0.25, 0.3) is 0 Å². The molecule has 17 heavy (non-hydrogen) atoms. The predicted octanol–water partition coefficient (Wildman–Crippen LogP) is 2.92. The Hall–Kier alpha value is -1.20. The molecule has 1 N–H and O–H groups in total. The van der Waals surface area contributed by atoms with Crippen LogP contribution in [0.25, 0.3) is 11.4 Å². The molecule has 3 rings (SSSR count). The van der Waals surface area contributed by atoms with E-state index in [0.717, 1.165) is 23.0 Å². The average molecular weight is 294 g/mol. The standard InChI is InChI=1S/C12H12BrN3O/c13-9-4-1-3-8(7-9)11-15-12(17-16-11)10-5-2-6-14-10/h1,3-4,7,10,14H,2,5-6H2. The highest BCUT2D eigenvalue weighted by atomic mass is 79.9. The quantitative estimate of drug-likeness (QED) is 0.925. The topological polar surface area (TPSA) is 51.0 Å². The molecular formula is C12H12BrN3O. The zero-order valence-corrected chi connectivity index (χ0v) is 10.8. The van der Waals surface area contributed by atoms with Gasteiger partial charge in [0.05, 0.1) is 6.04 Å². The van der Waals surface area contributed by atoms with Crippen LogP contribution in [0.15, 0.2) is 33.3 Å². The molecule has 0 spiro atoms. The molecule has 1 aliphatic heterocycles. The first-order valence-electron chi connectivity index (χ1n) is 5.66. The van der Waals surface area contributed by atoms with E-state index in [2.05, 4.69) is 31.4 Å². The molecule has 1 aliphatic rings. The fourth-order valence-corrected chi connectivity index (χ4v) is 2.42. The van der Waals surface area contributed by atoms with Gasteiger partial charge in [0.15, 0.2) is 0 Å². The molecule has 1 atom stereocenters. The van der Waals surface area contributed by atoms with Crippen LogP contribution in [-0.2, 0) is 0 Å². The highest BCUT2D eigenvalue weighted by Gasteiger charge is 2.22. The summed E-state index contributed by atoms with van der Waals surface area (Å²) in [5.74, 6) is 1.34. The Balaban J connectivity index is 1.89. The van der Waals surface area contributed by atoms with Gasteiger partial charge in [-0.1, -0.05) is 33.2 Å². The summed E-state index contributed by atoms with van der Waals surface area (Å²) in [6.45, 7) is 1.03. The van der Waals surface area contributed by atoms with Crippen LogP contribution in [-0.4, -0.2) is 16.7 Å². The van der Waals surface area contributed by atoms with E-state index in [1.807, 2.05) is 24.3 Å². The van der Waals surface area contributed by atoms with Crippen molar-refractivity contribution in [2.24, 2.45) is 0 Å². The second-order valence-corrected chi connectivity index (χ2v) is 5.03. The number of nitrogens with one attached hydrogen (secondary N) is 1. The molecule has 2 heterocycles. The van der Waals surface area contributed by atoms with Gasteiger partial charge in [-0.05, 0) is 31.5 Å². The van der Waals surface area contributed by atoms with Crippen LogP contribution in [0, 0.1) is 0 Å². The third-order valence-corrected chi connectivity index (χ3v) is 3.38. The van der Waals surface area contributed by atoms with Gasteiger partial charge in [0.2, 0.25) is 11.7 Å².